The van der Waals surface area contributed by atoms with Gasteiger partial charge in [-0.2, -0.15) is 8.78 Å². The highest BCUT2D eigenvalue weighted by molar-refractivity contribution is 5.85. The fourth-order valence-electron chi connectivity index (χ4n) is 3.84. The number of alkyl halides is 2. The Labute approximate surface area is 183 Å². The highest BCUT2D eigenvalue weighted by atomic mass is 19.3. The molecule has 31 heavy (non-hydrogen) atoms. The van der Waals surface area contributed by atoms with Crippen molar-refractivity contribution in [1.29, 1.82) is 0 Å². The van der Waals surface area contributed by atoms with E-state index in [9.17, 15) is 13.6 Å². The normalized spacial score (nSPS) is 15.6. The Hall–Kier alpha value is -2.58. The lowest BCUT2D eigenvalue weighted by Crippen LogP contribution is -2.49. The first-order chi connectivity index (χ1) is 14.8. The number of benzene rings is 1. The van der Waals surface area contributed by atoms with Gasteiger partial charge in [-0.15, -0.1) is 0 Å². The summed E-state index contributed by atoms with van der Waals surface area (Å²) in [6.07, 6.45) is 4.52. The van der Waals surface area contributed by atoms with Gasteiger partial charge in [0, 0.05) is 45.9 Å². The summed E-state index contributed by atoms with van der Waals surface area (Å²) in [6.45, 7) is 0.223. The molecule has 0 radical (unpaired) electrons. The van der Waals surface area contributed by atoms with Crippen LogP contribution in [0.1, 0.15) is 44.6 Å². The molecule has 1 aliphatic carbocycles. The van der Waals surface area contributed by atoms with Crippen molar-refractivity contribution >= 4 is 11.9 Å². The van der Waals surface area contributed by atoms with E-state index in [2.05, 4.69) is 20.4 Å². The molecule has 0 unspecified atom stereocenters. The van der Waals surface area contributed by atoms with Gasteiger partial charge in [-0.05, 0) is 31.4 Å². The van der Waals surface area contributed by atoms with Gasteiger partial charge < -0.3 is 25.0 Å². The number of carbonyl (C=O) groups is 1. The Morgan fingerprint density at radius 3 is 2.55 bits per heavy atom. The van der Waals surface area contributed by atoms with Crippen LogP contribution in [0.25, 0.3) is 0 Å². The lowest BCUT2D eigenvalue weighted by atomic mass is 9.84. The number of nitrogens with one attached hydrogen (secondary N) is 2. The van der Waals surface area contributed by atoms with Gasteiger partial charge in [0.25, 0.3) is 0 Å². The zero-order valence-electron chi connectivity index (χ0n) is 18.8. The molecule has 2 N–H and O–H groups in total. The van der Waals surface area contributed by atoms with Crippen molar-refractivity contribution in [1.82, 2.24) is 15.5 Å². The van der Waals surface area contributed by atoms with Gasteiger partial charge >= 0.3 is 6.61 Å². The number of nitrogens with zero attached hydrogens (tertiary/aromatic N) is 2. The average molecular weight is 441 g/mol. The van der Waals surface area contributed by atoms with Gasteiger partial charge in [-0.3, -0.25) is 9.79 Å². The largest absolute Gasteiger partial charge is 0.493 e. The second-order valence-corrected chi connectivity index (χ2v) is 7.96. The number of hydrogen-bond acceptors (Lipinski definition) is 4. The Kier molecular flexibility index (Phi) is 9.33. The zero-order valence-corrected chi connectivity index (χ0v) is 18.8. The Morgan fingerprint density at radius 1 is 1.26 bits per heavy atom. The van der Waals surface area contributed by atoms with Gasteiger partial charge in [0.15, 0.2) is 5.96 Å². The van der Waals surface area contributed by atoms with Crippen molar-refractivity contribution in [2.45, 2.75) is 52.2 Å². The Balaban J connectivity index is 2.03. The molecular weight excluding hydrogens is 406 g/mol. The van der Waals surface area contributed by atoms with E-state index in [1.165, 1.54) is 6.07 Å². The molecule has 0 atom stereocenters. The first-order valence-electron chi connectivity index (χ1n) is 10.7. The third-order valence-electron chi connectivity index (χ3n) is 5.41. The van der Waals surface area contributed by atoms with Crippen LogP contribution in [0.4, 0.5) is 8.78 Å². The summed E-state index contributed by atoms with van der Waals surface area (Å²) in [7, 11) is 5.17. The summed E-state index contributed by atoms with van der Waals surface area (Å²) in [5.41, 5.74) is 0.107. The predicted octanol–water partition coefficient (Wildman–Crippen LogP) is 3.39. The summed E-state index contributed by atoms with van der Waals surface area (Å²) in [5, 5.41) is 6.36. The quantitative estimate of drug-likeness (QED) is 0.431. The maximum absolute atomic E-state index is 12.9. The first kappa shape index (κ1) is 24.7. The molecule has 1 saturated carbocycles. The molecule has 0 aliphatic heterocycles. The summed E-state index contributed by atoms with van der Waals surface area (Å²) < 4.78 is 35.9. The van der Waals surface area contributed by atoms with Crippen LogP contribution in [0.3, 0.4) is 0 Å². The lowest BCUT2D eigenvalue weighted by Gasteiger charge is -2.31. The van der Waals surface area contributed by atoms with Gasteiger partial charge in [-0.1, -0.05) is 19.8 Å². The monoisotopic (exact) mass is 440 g/mol. The molecule has 0 saturated heterocycles. The molecule has 1 amide bonds. The van der Waals surface area contributed by atoms with Crippen molar-refractivity contribution in [2.24, 2.45) is 10.4 Å². The molecule has 0 bridgehead atoms. The van der Waals surface area contributed by atoms with E-state index in [4.69, 9.17) is 4.74 Å². The number of aliphatic imine (C=N–C) groups is 1. The number of guanidine groups is 1. The van der Waals surface area contributed by atoms with Crippen LogP contribution in [0.15, 0.2) is 23.2 Å². The van der Waals surface area contributed by atoms with Crippen molar-refractivity contribution in [3.8, 4) is 11.5 Å². The maximum Gasteiger partial charge on any atom is 0.387 e. The fourth-order valence-corrected chi connectivity index (χ4v) is 3.84. The van der Waals surface area contributed by atoms with E-state index in [1.807, 2.05) is 6.92 Å². The second-order valence-electron chi connectivity index (χ2n) is 7.96. The van der Waals surface area contributed by atoms with Crippen molar-refractivity contribution in [2.75, 3.05) is 34.3 Å². The van der Waals surface area contributed by atoms with Crippen LogP contribution < -0.4 is 20.1 Å². The summed E-state index contributed by atoms with van der Waals surface area (Å²) in [4.78, 5) is 18.6. The smallest absolute Gasteiger partial charge is 0.387 e. The number of amides is 1. The predicted molar refractivity (Wildman–Crippen MR) is 117 cm³/mol. The molecule has 174 valence electrons. The van der Waals surface area contributed by atoms with Crippen molar-refractivity contribution < 1.29 is 23.0 Å². The minimum atomic E-state index is -2.93. The van der Waals surface area contributed by atoms with Gasteiger partial charge in [0.05, 0.1) is 12.0 Å². The Bertz CT molecular complexity index is 750. The van der Waals surface area contributed by atoms with E-state index in [-0.39, 0.29) is 18.2 Å². The van der Waals surface area contributed by atoms with E-state index >= 15 is 0 Å². The second kappa shape index (κ2) is 11.7. The number of carbonyl (C=O) groups excluding carboxylic acids is 1. The third-order valence-corrected chi connectivity index (χ3v) is 5.41. The minimum Gasteiger partial charge on any atom is -0.493 e. The molecule has 1 fully saturated rings. The van der Waals surface area contributed by atoms with E-state index < -0.39 is 12.0 Å². The first-order valence-corrected chi connectivity index (χ1v) is 10.7. The maximum atomic E-state index is 12.9. The fraction of sp³-hybridized carbons (Fsp3) is 0.636. The molecule has 1 aromatic carbocycles. The summed E-state index contributed by atoms with van der Waals surface area (Å²) >= 11 is 0. The van der Waals surface area contributed by atoms with Crippen LogP contribution in [0, 0.1) is 5.41 Å². The number of rotatable bonds is 10. The topological polar surface area (TPSA) is 75.2 Å². The molecular formula is C22H34F2N4O3. The number of hydrogen-bond donors (Lipinski definition) is 2. The van der Waals surface area contributed by atoms with Crippen molar-refractivity contribution in [3.05, 3.63) is 23.8 Å². The molecule has 7 nitrogen and oxygen atoms in total. The van der Waals surface area contributed by atoms with Crippen LogP contribution in [0.2, 0.25) is 0 Å². The van der Waals surface area contributed by atoms with Crippen LogP contribution >= 0.6 is 0 Å². The molecule has 0 spiro atoms. The standard InChI is InChI=1S/C22H34F2N4O3/c1-5-12-30-17-9-8-16(18(13-17)31-20(23)24)14-26-21(25-2)27-15-22(10-6-7-11-22)19(29)28(3)4/h8-9,13,20H,5-7,10-12,14-15H2,1-4H3,(H2,25,26,27). The molecule has 9 heteroatoms. The van der Waals surface area contributed by atoms with Gasteiger partial charge in [-0.25, -0.2) is 0 Å². The van der Waals surface area contributed by atoms with Gasteiger partial charge in [0.2, 0.25) is 5.91 Å². The van der Waals surface area contributed by atoms with Crippen LogP contribution in [0.5, 0.6) is 11.5 Å². The van der Waals surface area contributed by atoms with E-state index in [1.54, 1.807) is 38.2 Å². The molecule has 0 aromatic heterocycles. The van der Waals surface area contributed by atoms with Gasteiger partial charge in [0.1, 0.15) is 11.5 Å². The molecule has 1 aromatic rings. The molecule has 0 heterocycles. The van der Waals surface area contributed by atoms with Crippen LogP contribution in [-0.4, -0.2) is 57.7 Å². The highest BCUT2D eigenvalue weighted by Gasteiger charge is 2.42. The third kappa shape index (κ3) is 6.97. The SMILES string of the molecule is CCCOc1ccc(CNC(=NC)NCC2(C(=O)N(C)C)CCCC2)c(OC(F)F)c1. The Morgan fingerprint density at radius 2 is 1.97 bits per heavy atom. The van der Waals surface area contributed by atoms with Crippen LogP contribution in [-0.2, 0) is 11.3 Å². The number of halogens is 2. The van der Waals surface area contributed by atoms with E-state index in [0.29, 0.717) is 30.4 Å². The molecule has 2 rings (SSSR count). The van der Waals surface area contributed by atoms with Crippen molar-refractivity contribution in [3.63, 3.8) is 0 Å². The average Bonchev–Trinajstić information content (AvgIpc) is 3.22. The lowest BCUT2D eigenvalue weighted by molar-refractivity contribution is -0.138. The molecule has 1 aliphatic rings. The summed E-state index contributed by atoms with van der Waals surface area (Å²) in [5.74, 6) is 1.14. The minimum absolute atomic E-state index is 0.0570. The number of ether oxygens (including phenoxy) is 2. The van der Waals surface area contributed by atoms with E-state index in [0.717, 1.165) is 32.1 Å². The summed E-state index contributed by atoms with van der Waals surface area (Å²) in [6, 6.07) is 4.89. The highest BCUT2D eigenvalue weighted by Crippen LogP contribution is 2.38. The zero-order chi connectivity index (χ0) is 22.9.